The van der Waals surface area contributed by atoms with Gasteiger partial charge in [-0.2, -0.15) is 0 Å². The molecule has 9 heteroatoms. The molecule has 1 aromatic carbocycles. The smallest absolute Gasteiger partial charge is 0.266 e. The predicted molar refractivity (Wildman–Crippen MR) is 165 cm³/mol. The normalized spacial score (nSPS) is 14.3. The van der Waals surface area contributed by atoms with Crippen LogP contribution in [0, 0.1) is 0 Å². The van der Waals surface area contributed by atoms with Gasteiger partial charge in [-0.05, 0) is 55.8 Å². The molecule has 3 aromatic rings. The number of thiazole rings is 1. The van der Waals surface area contributed by atoms with E-state index >= 15 is 0 Å². The van der Waals surface area contributed by atoms with Crippen molar-refractivity contribution < 1.29 is 4.79 Å². The molecular formula is C29H35N5O2S2. The Morgan fingerprint density at radius 1 is 1.08 bits per heavy atom. The van der Waals surface area contributed by atoms with Gasteiger partial charge >= 0.3 is 0 Å². The van der Waals surface area contributed by atoms with Crippen molar-refractivity contribution in [2.45, 2.75) is 41.5 Å². The van der Waals surface area contributed by atoms with Crippen LogP contribution < -0.4 is 20.1 Å². The Morgan fingerprint density at radius 2 is 1.82 bits per heavy atom. The number of carbonyl (C=O) groups is 1. The number of nitrogens with zero attached hydrogens (tertiary/aromatic N) is 3. The first-order valence-electron chi connectivity index (χ1n) is 12.6. The maximum absolute atomic E-state index is 12.6. The summed E-state index contributed by atoms with van der Waals surface area (Å²) in [6.07, 6.45) is 10.1. The Morgan fingerprint density at radius 3 is 2.50 bits per heavy atom. The van der Waals surface area contributed by atoms with Crippen LogP contribution in [-0.2, 0) is 4.79 Å². The van der Waals surface area contributed by atoms with Crippen LogP contribution in [0.15, 0.2) is 76.3 Å². The Labute approximate surface area is 232 Å². The number of amides is 1. The number of hydrogen-bond acceptors (Lipinski definition) is 7. The van der Waals surface area contributed by atoms with Gasteiger partial charge in [0.05, 0.1) is 4.53 Å². The average molecular weight is 550 g/mol. The van der Waals surface area contributed by atoms with Crippen LogP contribution >= 0.6 is 23.1 Å². The summed E-state index contributed by atoms with van der Waals surface area (Å²) < 4.78 is 1.30. The summed E-state index contributed by atoms with van der Waals surface area (Å²) in [7, 11) is 0. The number of allylic oxidation sites excluding steroid dienone is 2. The van der Waals surface area contributed by atoms with Crippen molar-refractivity contribution in [1.82, 2.24) is 14.9 Å². The number of benzene rings is 1. The summed E-state index contributed by atoms with van der Waals surface area (Å²) in [4.78, 5) is 38.2. The van der Waals surface area contributed by atoms with Crippen molar-refractivity contribution in [3.8, 4) is 0 Å². The van der Waals surface area contributed by atoms with Gasteiger partial charge in [-0.1, -0.05) is 69.8 Å². The third-order valence-corrected chi connectivity index (χ3v) is 7.20. The number of amidine groups is 1. The number of aromatic amines is 1. The number of rotatable bonds is 5. The van der Waals surface area contributed by atoms with Crippen LogP contribution in [0.4, 0.5) is 11.5 Å². The van der Waals surface area contributed by atoms with E-state index in [0.717, 1.165) is 28.3 Å². The Bertz CT molecular complexity index is 1450. The van der Waals surface area contributed by atoms with Crippen molar-refractivity contribution in [2.24, 2.45) is 4.99 Å². The van der Waals surface area contributed by atoms with Gasteiger partial charge in [0.2, 0.25) is 6.41 Å². The summed E-state index contributed by atoms with van der Waals surface area (Å²) in [5, 5.41) is 3.85. The van der Waals surface area contributed by atoms with Gasteiger partial charge in [-0.15, -0.1) is 11.3 Å². The maximum Gasteiger partial charge on any atom is 0.266 e. The average Bonchev–Trinajstić information content (AvgIpc) is 3.35. The Balaban J connectivity index is 0.00000121. The number of aromatic nitrogens is 2. The van der Waals surface area contributed by atoms with Gasteiger partial charge in [-0.3, -0.25) is 14.5 Å². The van der Waals surface area contributed by atoms with E-state index in [1.165, 1.54) is 28.0 Å². The number of fused-ring (bicyclic) bond motifs is 1. The van der Waals surface area contributed by atoms with E-state index in [4.69, 9.17) is 0 Å². The van der Waals surface area contributed by atoms with Crippen LogP contribution in [0.1, 0.15) is 47.1 Å². The van der Waals surface area contributed by atoms with E-state index in [1.807, 2.05) is 96.2 Å². The van der Waals surface area contributed by atoms with Crippen LogP contribution in [-0.4, -0.2) is 33.0 Å². The largest absolute Gasteiger partial charge is 0.355 e. The Hall–Kier alpha value is -3.69. The molecule has 1 amide bonds. The monoisotopic (exact) mass is 549 g/mol. The van der Waals surface area contributed by atoms with Gasteiger partial charge < -0.3 is 10.3 Å². The van der Waals surface area contributed by atoms with E-state index < -0.39 is 0 Å². The molecule has 38 heavy (non-hydrogen) atoms. The molecule has 0 aliphatic carbocycles. The molecule has 0 unspecified atom stereocenters. The highest BCUT2D eigenvalue weighted by molar-refractivity contribution is 8.21. The summed E-state index contributed by atoms with van der Waals surface area (Å²) >= 11 is 2.68. The number of nitrogens with one attached hydrogen (secondary N) is 2. The lowest BCUT2D eigenvalue weighted by molar-refractivity contribution is -0.114. The molecule has 7 nitrogen and oxygen atoms in total. The number of thioether (sulfide) groups is 1. The van der Waals surface area contributed by atoms with Crippen LogP contribution in [0.25, 0.3) is 17.1 Å². The number of hydrogen-bond donors (Lipinski definition) is 2. The quantitative estimate of drug-likeness (QED) is 0.242. The molecule has 3 heterocycles. The molecule has 0 fully saturated rings. The van der Waals surface area contributed by atoms with E-state index in [-0.39, 0.29) is 5.56 Å². The van der Waals surface area contributed by atoms with Crippen molar-refractivity contribution >= 4 is 63.2 Å². The lowest BCUT2D eigenvalue weighted by Gasteiger charge is -2.16. The van der Waals surface area contributed by atoms with Crippen molar-refractivity contribution in [3.63, 3.8) is 0 Å². The van der Waals surface area contributed by atoms with Crippen LogP contribution in [0.5, 0.6) is 0 Å². The molecule has 0 radical (unpaired) electrons. The number of aliphatic imine (C=N–C) groups is 1. The molecule has 4 rings (SSSR count). The second-order valence-corrected chi connectivity index (χ2v) is 9.45. The number of H-pyrrole nitrogens is 1. The van der Waals surface area contributed by atoms with E-state index in [2.05, 4.69) is 20.3 Å². The van der Waals surface area contributed by atoms with E-state index in [9.17, 15) is 9.59 Å². The SMILES string of the molecule is CC.CC.CCN(C=O)/C(=N/c1ccccn1)S/C(C)=c1/[nH]c(=O)/c(=C/C=C2\C=Cc3ccccc3N2)s1. The summed E-state index contributed by atoms with van der Waals surface area (Å²) in [5.41, 5.74) is 2.89. The third kappa shape index (κ3) is 8.43. The maximum atomic E-state index is 12.6. The summed E-state index contributed by atoms with van der Waals surface area (Å²) in [5.74, 6) is 0.507. The molecule has 1 aliphatic rings. The third-order valence-electron chi connectivity index (χ3n) is 4.90. The predicted octanol–water partition coefficient (Wildman–Crippen LogP) is 5.71. The first-order valence-corrected chi connectivity index (χ1v) is 14.3. The molecule has 2 aromatic heterocycles. The highest BCUT2D eigenvalue weighted by Crippen LogP contribution is 2.24. The first kappa shape index (κ1) is 30.5. The lowest BCUT2D eigenvalue weighted by Crippen LogP contribution is -2.27. The van der Waals surface area contributed by atoms with E-state index in [0.29, 0.717) is 26.7 Å². The zero-order valence-electron chi connectivity index (χ0n) is 22.7. The van der Waals surface area contributed by atoms with Gasteiger partial charge in [0.15, 0.2) is 11.0 Å². The van der Waals surface area contributed by atoms with Gasteiger partial charge in [0.1, 0.15) is 4.66 Å². The number of para-hydroxylation sites is 1. The zero-order chi connectivity index (χ0) is 27.9. The molecule has 0 saturated carbocycles. The van der Waals surface area contributed by atoms with Gasteiger partial charge in [0.25, 0.3) is 5.56 Å². The number of pyridine rings is 1. The molecule has 0 saturated heterocycles. The van der Waals surface area contributed by atoms with Crippen LogP contribution in [0.2, 0.25) is 0 Å². The topological polar surface area (TPSA) is 90.5 Å². The van der Waals surface area contributed by atoms with Gasteiger partial charge in [-0.25, -0.2) is 9.98 Å². The first-order chi connectivity index (χ1) is 18.6. The second kappa shape index (κ2) is 16.2. The standard InChI is InChI=1S/C25H23N5O2S2.2C2H6/c1-3-30(16-31)25(28-22-10-6-7-15-26-22)33-17(2)24-29-23(32)21(34-24)14-13-19-12-11-18-8-4-5-9-20(18)27-19;2*1-2/h4-16,27H,3H2,1-2H3,(H,29,32);2*1-2H3/b19-13+,21-14-,24-17-,28-25-;;. The van der Waals surface area contributed by atoms with E-state index in [1.54, 1.807) is 18.3 Å². The molecule has 0 atom stereocenters. The molecule has 2 N–H and O–H groups in total. The lowest BCUT2D eigenvalue weighted by atomic mass is 10.1. The Kier molecular flexibility index (Phi) is 13.0. The second-order valence-electron chi connectivity index (χ2n) is 7.22. The zero-order valence-corrected chi connectivity index (χ0v) is 24.3. The molecule has 200 valence electrons. The number of anilines is 1. The number of carbonyl (C=O) groups excluding carboxylic acids is 1. The summed E-state index contributed by atoms with van der Waals surface area (Å²) in [6, 6.07) is 13.5. The molecule has 0 bridgehead atoms. The van der Waals surface area contributed by atoms with Crippen LogP contribution in [0.3, 0.4) is 0 Å². The highest BCUT2D eigenvalue weighted by Gasteiger charge is 2.13. The minimum atomic E-state index is -0.164. The molecular weight excluding hydrogens is 514 g/mol. The summed E-state index contributed by atoms with van der Waals surface area (Å²) in [6.45, 7) is 12.2. The molecule has 0 spiro atoms. The molecule has 1 aliphatic heterocycles. The van der Waals surface area contributed by atoms with Crippen molar-refractivity contribution in [1.29, 1.82) is 0 Å². The minimum Gasteiger partial charge on any atom is -0.355 e. The fourth-order valence-corrected chi connectivity index (χ4v) is 5.00. The van der Waals surface area contributed by atoms with Crippen molar-refractivity contribution in [2.75, 3.05) is 11.9 Å². The minimum absolute atomic E-state index is 0.164. The fourth-order valence-electron chi connectivity index (χ4n) is 3.11. The van der Waals surface area contributed by atoms with Crippen molar-refractivity contribution in [3.05, 3.63) is 91.6 Å². The fraction of sp³-hybridized carbons (Fsp3) is 0.241. The highest BCUT2D eigenvalue weighted by atomic mass is 32.2. The van der Waals surface area contributed by atoms with Gasteiger partial charge in [0, 0.05) is 29.0 Å².